The van der Waals surface area contributed by atoms with E-state index in [-0.39, 0.29) is 24.8 Å². The highest BCUT2D eigenvalue weighted by Gasteiger charge is 2.26. The highest BCUT2D eigenvalue weighted by Crippen LogP contribution is 2.20. The summed E-state index contributed by atoms with van der Waals surface area (Å²) in [5, 5.41) is 7.61. The van der Waals surface area contributed by atoms with Crippen molar-refractivity contribution in [3.8, 4) is 0 Å². The normalized spacial score (nSPS) is 24.4. The van der Waals surface area contributed by atoms with Crippen molar-refractivity contribution in [1.82, 2.24) is 25.0 Å². The monoisotopic (exact) mass is 381 g/mol. The summed E-state index contributed by atoms with van der Waals surface area (Å²) >= 11 is 1.94. The lowest BCUT2D eigenvalue weighted by Gasteiger charge is -2.34. The fraction of sp³-hybridized carbons (Fsp3) is 0.786. The molecule has 2 atom stereocenters. The van der Waals surface area contributed by atoms with Gasteiger partial charge in [-0.2, -0.15) is 16.9 Å². The van der Waals surface area contributed by atoms with Crippen molar-refractivity contribution in [2.75, 3.05) is 31.1 Å². The number of rotatable bonds is 4. The minimum Gasteiger partial charge on any atom is -0.342 e. The maximum Gasteiger partial charge on any atom is 0.224 e. The van der Waals surface area contributed by atoms with E-state index in [2.05, 4.69) is 15.4 Å². The molecular formula is C14H25Cl2N5OS. The predicted octanol–water partition coefficient (Wildman–Crippen LogP) is 1.46. The molecule has 0 bridgehead atoms. The number of amides is 1. The molecule has 3 heterocycles. The van der Waals surface area contributed by atoms with E-state index in [9.17, 15) is 4.79 Å². The van der Waals surface area contributed by atoms with Gasteiger partial charge in [0.15, 0.2) is 0 Å². The van der Waals surface area contributed by atoms with Crippen molar-refractivity contribution in [1.29, 1.82) is 0 Å². The van der Waals surface area contributed by atoms with E-state index in [1.807, 2.05) is 21.3 Å². The molecule has 23 heavy (non-hydrogen) atoms. The van der Waals surface area contributed by atoms with Crippen LogP contribution in [-0.4, -0.2) is 62.8 Å². The molecule has 0 radical (unpaired) electrons. The van der Waals surface area contributed by atoms with Crippen LogP contribution < -0.4 is 5.32 Å². The quantitative estimate of drug-likeness (QED) is 0.854. The highest BCUT2D eigenvalue weighted by atomic mass is 35.5. The Balaban J connectivity index is 0.00000132. The highest BCUT2D eigenvalue weighted by molar-refractivity contribution is 7.99. The average molecular weight is 382 g/mol. The van der Waals surface area contributed by atoms with Gasteiger partial charge in [-0.3, -0.25) is 9.48 Å². The van der Waals surface area contributed by atoms with E-state index in [1.165, 1.54) is 6.42 Å². The Labute approximate surface area is 154 Å². The number of carbonyl (C=O) groups excluding carboxylic acids is 1. The molecule has 3 rings (SSSR count). The number of piperidine rings is 1. The van der Waals surface area contributed by atoms with E-state index in [1.54, 1.807) is 12.7 Å². The average Bonchev–Trinajstić information content (AvgIpc) is 3.01. The van der Waals surface area contributed by atoms with Gasteiger partial charge in [0.25, 0.3) is 0 Å². The van der Waals surface area contributed by atoms with Crippen LogP contribution in [0.5, 0.6) is 0 Å². The summed E-state index contributed by atoms with van der Waals surface area (Å²) in [5.74, 6) is 3.02. The number of nitrogens with one attached hydrogen (secondary N) is 1. The minimum atomic E-state index is 0. The van der Waals surface area contributed by atoms with Gasteiger partial charge >= 0.3 is 0 Å². The molecular weight excluding hydrogens is 357 g/mol. The Bertz CT molecular complexity index is 456. The van der Waals surface area contributed by atoms with Crippen molar-refractivity contribution in [2.45, 2.75) is 31.8 Å². The largest absolute Gasteiger partial charge is 0.342 e. The molecule has 6 nitrogen and oxygen atoms in total. The van der Waals surface area contributed by atoms with Crippen LogP contribution in [0.15, 0.2) is 12.7 Å². The van der Waals surface area contributed by atoms with Gasteiger partial charge in [0.1, 0.15) is 12.7 Å². The number of hydrogen-bond donors (Lipinski definition) is 1. The zero-order valence-electron chi connectivity index (χ0n) is 13.1. The second-order valence-electron chi connectivity index (χ2n) is 5.90. The van der Waals surface area contributed by atoms with Crippen molar-refractivity contribution in [2.24, 2.45) is 5.92 Å². The predicted molar refractivity (Wildman–Crippen MR) is 97.6 cm³/mol. The van der Waals surface area contributed by atoms with Gasteiger partial charge in [-0.15, -0.1) is 24.8 Å². The number of halogens is 2. The molecule has 1 aromatic heterocycles. The van der Waals surface area contributed by atoms with Crippen LogP contribution >= 0.6 is 36.6 Å². The van der Waals surface area contributed by atoms with Crippen molar-refractivity contribution >= 4 is 42.5 Å². The second-order valence-corrected chi connectivity index (χ2v) is 7.05. The fourth-order valence-electron chi connectivity index (χ4n) is 3.12. The zero-order valence-corrected chi connectivity index (χ0v) is 15.5. The summed E-state index contributed by atoms with van der Waals surface area (Å²) in [6, 6.07) is 0.354. The third-order valence-electron chi connectivity index (χ3n) is 4.20. The van der Waals surface area contributed by atoms with E-state index in [0.29, 0.717) is 24.3 Å². The minimum absolute atomic E-state index is 0. The summed E-state index contributed by atoms with van der Waals surface area (Å²) in [6.45, 7) is 3.66. The standard InChI is InChI=1S/C14H23N5OS.2ClH/c20-14(6-13-9-21-5-3-16-13)18-4-1-2-12(7-18)8-19-11-15-10-17-19;;/h10-13,16H,1-9H2;2*1H. The van der Waals surface area contributed by atoms with E-state index < -0.39 is 0 Å². The number of aromatic nitrogens is 3. The van der Waals surface area contributed by atoms with E-state index in [0.717, 1.165) is 44.1 Å². The van der Waals surface area contributed by atoms with E-state index in [4.69, 9.17) is 0 Å². The Morgan fingerprint density at radius 2 is 2.26 bits per heavy atom. The summed E-state index contributed by atoms with van der Waals surface area (Å²) < 4.78 is 1.87. The second kappa shape index (κ2) is 10.4. The third kappa shape index (κ3) is 6.14. The molecule has 0 saturated carbocycles. The van der Waals surface area contributed by atoms with Gasteiger partial charge in [0.2, 0.25) is 5.91 Å². The lowest BCUT2D eigenvalue weighted by Crippen LogP contribution is -2.46. The smallest absolute Gasteiger partial charge is 0.224 e. The van der Waals surface area contributed by atoms with Gasteiger partial charge in [-0.1, -0.05) is 0 Å². The number of thioether (sulfide) groups is 1. The van der Waals surface area contributed by atoms with Gasteiger partial charge in [-0.05, 0) is 18.8 Å². The van der Waals surface area contributed by atoms with Gasteiger partial charge in [0, 0.05) is 50.1 Å². The van der Waals surface area contributed by atoms with Gasteiger partial charge in [-0.25, -0.2) is 4.98 Å². The number of hydrogen-bond acceptors (Lipinski definition) is 5. The van der Waals surface area contributed by atoms with E-state index >= 15 is 0 Å². The third-order valence-corrected chi connectivity index (χ3v) is 5.33. The molecule has 0 aromatic carbocycles. The fourth-order valence-corrected chi connectivity index (χ4v) is 4.07. The van der Waals surface area contributed by atoms with Crippen LogP contribution in [0.3, 0.4) is 0 Å². The molecule has 2 aliphatic heterocycles. The summed E-state index contributed by atoms with van der Waals surface area (Å²) in [7, 11) is 0. The molecule has 2 unspecified atom stereocenters. The van der Waals surface area contributed by atoms with Crippen LogP contribution in [0, 0.1) is 5.92 Å². The first kappa shape index (κ1) is 20.5. The SMILES string of the molecule is Cl.Cl.O=C(CC1CSCCN1)N1CCCC(Cn2cncn2)C1. The first-order valence-electron chi connectivity index (χ1n) is 7.72. The van der Waals surface area contributed by atoms with Crippen molar-refractivity contribution in [3.05, 3.63) is 12.7 Å². The van der Waals surface area contributed by atoms with Gasteiger partial charge in [0.05, 0.1) is 0 Å². The molecule has 1 N–H and O–H groups in total. The molecule has 0 aliphatic carbocycles. The Kier molecular flexibility index (Phi) is 9.27. The number of carbonyl (C=O) groups is 1. The Hall–Kier alpha value is -0.500. The Morgan fingerprint density at radius 3 is 2.96 bits per heavy atom. The van der Waals surface area contributed by atoms with Crippen LogP contribution in [0.1, 0.15) is 19.3 Å². The first-order chi connectivity index (χ1) is 10.3. The maximum atomic E-state index is 12.5. The van der Waals surface area contributed by atoms with Crippen LogP contribution in [0.25, 0.3) is 0 Å². The van der Waals surface area contributed by atoms with Crippen LogP contribution in [-0.2, 0) is 11.3 Å². The summed E-state index contributed by atoms with van der Waals surface area (Å²) in [6.07, 6.45) is 6.23. The number of nitrogens with zero attached hydrogens (tertiary/aromatic N) is 4. The van der Waals surface area contributed by atoms with Gasteiger partial charge < -0.3 is 10.2 Å². The molecule has 132 valence electrons. The molecule has 0 spiro atoms. The molecule has 9 heteroatoms. The summed E-state index contributed by atoms with van der Waals surface area (Å²) in [5.41, 5.74) is 0. The molecule has 1 aromatic rings. The molecule has 1 amide bonds. The summed E-state index contributed by atoms with van der Waals surface area (Å²) in [4.78, 5) is 18.5. The van der Waals surface area contributed by atoms with Crippen molar-refractivity contribution in [3.63, 3.8) is 0 Å². The lowest BCUT2D eigenvalue weighted by molar-refractivity contribution is -0.133. The number of likely N-dealkylation sites (tertiary alicyclic amines) is 1. The topological polar surface area (TPSA) is 63.1 Å². The first-order valence-corrected chi connectivity index (χ1v) is 8.88. The maximum absolute atomic E-state index is 12.5. The lowest BCUT2D eigenvalue weighted by atomic mass is 9.97. The molecule has 2 aliphatic rings. The zero-order chi connectivity index (χ0) is 14.5. The molecule has 2 saturated heterocycles. The Morgan fingerprint density at radius 1 is 1.39 bits per heavy atom. The molecule has 2 fully saturated rings. The van der Waals surface area contributed by atoms with Crippen LogP contribution in [0.2, 0.25) is 0 Å². The van der Waals surface area contributed by atoms with Crippen LogP contribution in [0.4, 0.5) is 0 Å². The van der Waals surface area contributed by atoms with Crippen molar-refractivity contribution < 1.29 is 4.79 Å².